The third-order valence-electron chi connectivity index (χ3n) is 2.93. The summed E-state index contributed by atoms with van der Waals surface area (Å²) in [5.74, 6) is 0. The van der Waals surface area contributed by atoms with E-state index in [1.54, 1.807) is 0 Å². The molecule has 0 fully saturated rings. The second-order valence-electron chi connectivity index (χ2n) is 5.16. The molecule has 0 aliphatic heterocycles. The molecular weight excluding hydrogens is 282 g/mol. The minimum atomic E-state index is -0.475. The molecule has 0 spiro atoms. The number of aromatic nitrogens is 1. The first kappa shape index (κ1) is 13.9. The number of halogens is 1. The Labute approximate surface area is 108 Å². The average molecular weight is 302 g/mol. The molecule has 2 nitrogen and oxygen atoms in total. The number of nitrogens with zero attached hydrogens (tertiary/aromatic N) is 1. The average Bonchev–Trinajstić information content (AvgIpc) is 2.16. The zero-order valence-corrected chi connectivity index (χ0v) is 13.0. The van der Waals surface area contributed by atoms with E-state index in [9.17, 15) is 5.11 Å². The second kappa shape index (κ2) is 5.43. The summed E-state index contributed by atoms with van der Waals surface area (Å²) < 4.78 is 3.23. The lowest BCUT2D eigenvalue weighted by atomic mass is 10.2. The maximum Gasteiger partial charge on any atom is 0.206 e. The third kappa shape index (κ3) is 3.68. The predicted octanol–water partition coefficient (Wildman–Crippen LogP) is 2.69. The molecule has 0 unspecified atom stereocenters. The summed E-state index contributed by atoms with van der Waals surface area (Å²) in [6.45, 7) is 9.32. The lowest BCUT2D eigenvalue weighted by molar-refractivity contribution is -0.690. The number of aliphatic hydroxyl groups excluding tert-OH is 1. The number of hydrogen-bond donors (Lipinski definition) is 1. The zero-order chi connectivity index (χ0) is 12.3. The maximum atomic E-state index is 9.30. The van der Waals surface area contributed by atoms with Gasteiger partial charge in [0, 0.05) is 6.07 Å². The molecule has 0 bridgehead atoms. The van der Waals surface area contributed by atoms with E-state index in [-0.39, 0.29) is 6.61 Å². The standard InChI is InChI=1S/C12H20BrNOSi/c1-12(2,3)16(4)9-14-7-10(13)5-6-11(14)8-15/h5-7,15H,8-9H2,1-4H3/q+1. The Morgan fingerprint density at radius 2 is 2.00 bits per heavy atom. The van der Waals surface area contributed by atoms with Gasteiger partial charge in [-0.2, -0.15) is 0 Å². The predicted molar refractivity (Wildman–Crippen MR) is 71.6 cm³/mol. The van der Waals surface area contributed by atoms with E-state index < -0.39 is 8.80 Å². The molecular formula is C12H20BrNOSi+. The van der Waals surface area contributed by atoms with Gasteiger partial charge in [0.2, 0.25) is 5.69 Å². The van der Waals surface area contributed by atoms with Crippen LogP contribution in [-0.4, -0.2) is 13.9 Å². The Morgan fingerprint density at radius 3 is 2.50 bits per heavy atom. The number of hydrogen-bond acceptors (Lipinski definition) is 1. The summed E-state index contributed by atoms with van der Waals surface area (Å²) in [5.41, 5.74) is 0.983. The van der Waals surface area contributed by atoms with Gasteiger partial charge in [-0.3, -0.25) is 0 Å². The van der Waals surface area contributed by atoms with E-state index in [4.69, 9.17) is 0 Å². The molecule has 1 aromatic heterocycles. The molecule has 1 heterocycles. The Kier molecular flexibility index (Phi) is 4.70. The lowest BCUT2D eigenvalue weighted by Crippen LogP contribution is -2.47. The lowest BCUT2D eigenvalue weighted by Gasteiger charge is -2.23. The van der Waals surface area contributed by atoms with Crippen molar-refractivity contribution in [2.45, 2.75) is 45.1 Å². The van der Waals surface area contributed by atoms with E-state index in [2.05, 4.69) is 54.0 Å². The summed E-state index contributed by atoms with van der Waals surface area (Å²) in [6, 6.07) is 3.95. The summed E-state index contributed by atoms with van der Waals surface area (Å²) in [4.78, 5) is 0. The quantitative estimate of drug-likeness (QED) is 0.674. The first-order valence-electron chi connectivity index (χ1n) is 5.46. The Balaban J connectivity index is 2.91. The van der Waals surface area contributed by atoms with Crippen molar-refractivity contribution in [2.24, 2.45) is 0 Å². The van der Waals surface area contributed by atoms with Gasteiger partial charge in [0.25, 0.3) is 0 Å². The minimum absolute atomic E-state index is 0.104. The van der Waals surface area contributed by atoms with Crippen molar-refractivity contribution < 1.29 is 9.67 Å². The zero-order valence-electron chi connectivity index (χ0n) is 10.4. The molecule has 0 saturated heterocycles. The molecule has 0 aliphatic rings. The van der Waals surface area contributed by atoms with Crippen molar-refractivity contribution >= 4 is 24.7 Å². The van der Waals surface area contributed by atoms with Gasteiger partial charge < -0.3 is 5.11 Å². The largest absolute Gasteiger partial charge is 0.385 e. The highest BCUT2D eigenvalue weighted by Gasteiger charge is 2.27. The van der Waals surface area contributed by atoms with Gasteiger partial charge in [0.05, 0.1) is 4.47 Å². The van der Waals surface area contributed by atoms with Crippen LogP contribution < -0.4 is 4.57 Å². The molecule has 1 N–H and O–H groups in total. The highest BCUT2D eigenvalue weighted by molar-refractivity contribution is 9.10. The van der Waals surface area contributed by atoms with E-state index in [1.807, 2.05) is 12.1 Å². The van der Waals surface area contributed by atoms with Crippen LogP contribution in [0.1, 0.15) is 26.5 Å². The van der Waals surface area contributed by atoms with Crippen LogP contribution in [0.3, 0.4) is 0 Å². The molecule has 1 aromatic rings. The summed E-state index contributed by atoms with van der Waals surface area (Å²) in [5, 5.41) is 9.68. The summed E-state index contributed by atoms with van der Waals surface area (Å²) in [7, 11) is -0.475. The van der Waals surface area contributed by atoms with Gasteiger partial charge in [-0.15, -0.1) is 0 Å². The minimum Gasteiger partial charge on any atom is -0.385 e. The fourth-order valence-corrected chi connectivity index (χ4v) is 2.99. The monoisotopic (exact) mass is 301 g/mol. The Hall–Kier alpha value is -0.193. The van der Waals surface area contributed by atoms with E-state index >= 15 is 0 Å². The van der Waals surface area contributed by atoms with Crippen LogP contribution in [-0.2, 0) is 12.8 Å². The third-order valence-corrected chi connectivity index (χ3v) is 6.78. The van der Waals surface area contributed by atoms with Crippen LogP contribution in [0.5, 0.6) is 0 Å². The topological polar surface area (TPSA) is 24.1 Å². The fourth-order valence-electron chi connectivity index (χ4n) is 1.33. The number of rotatable bonds is 3. The molecule has 4 heteroatoms. The van der Waals surface area contributed by atoms with Gasteiger partial charge in [-0.1, -0.05) is 27.3 Å². The first-order chi connectivity index (χ1) is 7.34. The van der Waals surface area contributed by atoms with Crippen LogP contribution in [0, 0.1) is 0 Å². The molecule has 89 valence electrons. The Morgan fingerprint density at radius 1 is 1.38 bits per heavy atom. The van der Waals surface area contributed by atoms with Crippen molar-refractivity contribution in [1.82, 2.24) is 0 Å². The SMILES string of the molecule is C[Si](C[n+]1cc(Br)ccc1CO)C(C)(C)C. The summed E-state index contributed by atoms with van der Waals surface area (Å²) in [6.07, 6.45) is 3.09. The van der Waals surface area contributed by atoms with Crippen LogP contribution in [0.15, 0.2) is 22.8 Å². The maximum absolute atomic E-state index is 9.30. The normalized spacial score (nSPS) is 12.2. The molecule has 0 saturated carbocycles. The molecule has 0 aliphatic carbocycles. The molecule has 0 atom stereocenters. The summed E-state index contributed by atoms with van der Waals surface area (Å²) >= 11 is 3.47. The van der Waals surface area contributed by atoms with Gasteiger partial charge >= 0.3 is 0 Å². The van der Waals surface area contributed by atoms with Crippen LogP contribution in [0.4, 0.5) is 0 Å². The molecule has 1 radical (unpaired) electrons. The van der Waals surface area contributed by atoms with Gasteiger partial charge in [-0.25, -0.2) is 4.57 Å². The molecule has 16 heavy (non-hydrogen) atoms. The van der Waals surface area contributed by atoms with Crippen molar-refractivity contribution in [1.29, 1.82) is 0 Å². The second-order valence-corrected chi connectivity index (χ2v) is 9.45. The Bertz CT molecular complexity index is 363. The van der Waals surface area contributed by atoms with E-state index in [0.29, 0.717) is 5.04 Å². The van der Waals surface area contributed by atoms with Gasteiger partial charge in [-0.05, 0) is 27.0 Å². The van der Waals surface area contributed by atoms with Crippen molar-refractivity contribution in [3.05, 3.63) is 28.5 Å². The fraction of sp³-hybridized carbons (Fsp3) is 0.583. The van der Waals surface area contributed by atoms with Crippen molar-refractivity contribution in [2.75, 3.05) is 0 Å². The van der Waals surface area contributed by atoms with Gasteiger partial charge in [0.15, 0.2) is 6.20 Å². The van der Waals surface area contributed by atoms with Crippen LogP contribution >= 0.6 is 15.9 Å². The van der Waals surface area contributed by atoms with E-state index in [1.165, 1.54) is 0 Å². The van der Waals surface area contributed by atoms with Crippen molar-refractivity contribution in [3.8, 4) is 0 Å². The van der Waals surface area contributed by atoms with E-state index in [0.717, 1.165) is 16.3 Å². The van der Waals surface area contributed by atoms with Gasteiger partial charge in [0.1, 0.15) is 21.6 Å². The number of aliphatic hydroxyl groups is 1. The molecule has 0 aromatic carbocycles. The highest BCUT2D eigenvalue weighted by atomic mass is 79.9. The van der Waals surface area contributed by atoms with Crippen LogP contribution in [0.25, 0.3) is 0 Å². The van der Waals surface area contributed by atoms with Crippen molar-refractivity contribution in [3.63, 3.8) is 0 Å². The number of pyridine rings is 1. The molecule has 0 amide bonds. The molecule has 1 rings (SSSR count). The van der Waals surface area contributed by atoms with Crippen LogP contribution in [0.2, 0.25) is 11.6 Å². The smallest absolute Gasteiger partial charge is 0.206 e. The first-order valence-corrected chi connectivity index (χ1v) is 8.46. The highest BCUT2D eigenvalue weighted by Crippen LogP contribution is 2.26.